The number of hydrogen-bond acceptors (Lipinski definition) is 3. The molecule has 24 heavy (non-hydrogen) atoms. The maximum Gasteiger partial charge on any atom is 0.268 e. The number of nitrogens with zero attached hydrogens (tertiary/aromatic N) is 1. The van der Waals surface area contributed by atoms with E-state index in [1.165, 1.54) is 35.0 Å². The molecule has 3 aliphatic rings. The molecule has 0 aliphatic heterocycles. The molecule has 3 aliphatic carbocycles. The number of thiazole rings is 1. The Balaban J connectivity index is 0.000000148. The fourth-order valence-electron chi connectivity index (χ4n) is 3.86. The molecule has 1 aromatic heterocycles. The standard InChI is InChI=1S/C10H6Cl2N2OS.C8H12/c11-6-3-1-2-5(8(6)12)10-14-7(4-16-10)9(13)15;1-2-6-4-8(6)7-3-5(1)7/h1-4H,(H2,13,15);5-8H,1-4H2/t;5-,6+,7?,8?. The first-order valence-corrected chi connectivity index (χ1v) is 9.88. The van der Waals surface area contributed by atoms with Gasteiger partial charge in [-0.25, -0.2) is 4.98 Å². The number of aromatic nitrogens is 1. The van der Waals surface area contributed by atoms with Crippen molar-refractivity contribution in [3.63, 3.8) is 0 Å². The number of fused-ring (bicyclic) bond motifs is 3. The van der Waals surface area contributed by atoms with Gasteiger partial charge in [0.25, 0.3) is 5.91 Å². The van der Waals surface area contributed by atoms with Gasteiger partial charge in [0, 0.05) is 10.9 Å². The van der Waals surface area contributed by atoms with E-state index < -0.39 is 5.91 Å². The van der Waals surface area contributed by atoms with Gasteiger partial charge in [-0.15, -0.1) is 11.3 Å². The molecule has 0 spiro atoms. The molecule has 0 radical (unpaired) electrons. The fourth-order valence-corrected chi connectivity index (χ4v) is 5.15. The van der Waals surface area contributed by atoms with E-state index in [-0.39, 0.29) is 5.69 Å². The number of rotatable bonds is 2. The number of benzene rings is 1. The first-order chi connectivity index (χ1) is 11.5. The summed E-state index contributed by atoms with van der Waals surface area (Å²) in [5.74, 6) is 4.38. The van der Waals surface area contributed by atoms with Crippen LogP contribution in [-0.2, 0) is 0 Å². The second-order valence-electron chi connectivity index (χ2n) is 6.90. The maximum absolute atomic E-state index is 10.9. The largest absolute Gasteiger partial charge is 0.364 e. The summed E-state index contributed by atoms with van der Waals surface area (Å²) in [7, 11) is 0. The highest BCUT2D eigenvalue weighted by Gasteiger charge is 2.56. The number of halogens is 2. The Morgan fingerprint density at radius 2 is 1.83 bits per heavy atom. The van der Waals surface area contributed by atoms with E-state index in [1.54, 1.807) is 49.3 Å². The highest BCUT2D eigenvalue weighted by molar-refractivity contribution is 7.13. The number of carbonyl (C=O) groups is 1. The zero-order chi connectivity index (χ0) is 16.8. The molecule has 3 nitrogen and oxygen atoms in total. The van der Waals surface area contributed by atoms with Crippen LogP contribution < -0.4 is 5.73 Å². The summed E-state index contributed by atoms with van der Waals surface area (Å²) in [6.07, 6.45) is 6.40. The van der Waals surface area contributed by atoms with Crippen LogP contribution in [-0.4, -0.2) is 10.9 Å². The van der Waals surface area contributed by atoms with Crippen molar-refractivity contribution in [1.82, 2.24) is 4.98 Å². The number of carbonyl (C=O) groups excluding carboxylic acids is 1. The Bertz CT molecular complexity index is 775. The van der Waals surface area contributed by atoms with Crippen LogP contribution in [0.4, 0.5) is 0 Å². The Hall–Kier alpha value is -1.10. The lowest BCUT2D eigenvalue weighted by Crippen LogP contribution is -2.10. The van der Waals surface area contributed by atoms with Gasteiger partial charge in [-0.2, -0.15) is 0 Å². The Morgan fingerprint density at radius 1 is 1.17 bits per heavy atom. The number of hydrogen-bond donors (Lipinski definition) is 1. The van der Waals surface area contributed by atoms with Crippen molar-refractivity contribution in [2.45, 2.75) is 25.7 Å². The van der Waals surface area contributed by atoms with Crippen molar-refractivity contribution in [2.24, 2.45) is 29.4 Å². The predicted molar refractivity (Wildman–Crippen MR) is 98.5 cm³/mol. The van der Waals surface area contributed by atoms with Gasteiger partial charge in [0.15, 0.2) is 0 Å². The summed E-state index contributed by atoms with van der Waals surface area (Å²) < 4.78 is 0. The van der Waals surface area contributed by atoms with Crippen molar-refractivity contribution >= 4 is 40.4 Å². The Kier molecular flexibility index (Phi) is 4.31. The van der Waals surface area contributed by atoms with Crippen molar-refractivity contribution in [2.75, 3.05) is 0 Å². The van der Waals surface area contributed by atoms with Crippen LogP contribution in [0.1, 0.15) is 36.2 Å². The second kappa shape index (κ2) is 6.32. The van der Waals surface area contributed by atoms with Gasteiger partial charge in [0.1, 0.15) is 10.7 Å². The molecule has 1 heterocycles. The topological polar surface area (TPSA) is 56.0 Å². The van der Waals surface area contributed by atoms with Gasteiger partial charge in [0.05, 0.1) is 10.0 Å². The molecule has 3 fully saturated rings. The van der Waals surface area contributed by atoms with Crippen molar-refractivity contribution < 1.29 is 4.79 Å². The first kappa shape index (κ1) is 16.4. The van der Waals surface area contributed by atoms with Crippen LogP contribution in [0, 0.1) is 23.7 Å². The number of primary amides is 1. The quantitative estimate of drug-likeness (QED) is 0.771. The zero-order valence-corrected chi connectivity index (χ0v) is 15.4. The fraction of sp³-hybridized carbons (Fsp3) is 0.444. The molecule has 1 aromatic carbocycles. The minimum atomic E-state index is -0.555. The first-order valence-electron chi connectivity index (χ1n) is 8.24. The van der Waals surface area contributed by atoms with Crippen molar-refractivity contribution in [3.8, 4) is 10.6 Å². The molecule has 2 aromatic rings. The highest BCUT2D eigenvalue weighted by atomic mass is 35.5. The third-order valence-electron chi connectivity index (χ3n) is 5.35. The molecule has 126 valence electrons. The van der Waals surface area contributed by atoms with Gasteiger partial charge >= 0.3 is 0 Å². The van der Waals surface area contributed by atoms with E-state index in [0.717, 1.165) is 0 Å². The van der Waals surface area contributed by atoms with E-state index in [0.29, 0.717) is 20.6 Å². The lowest BCUT2D eigenvalue weighted by Gasteiger charge is -2.04. The van der Waals surface area contributed by atoms with Gasteiger partial charge in [-0.3, -0.25) is 4.79 Å². The SMILES string of the molecule is C1C[C@H]2CC2C2C[C@@H]12.NC(=O)c1csc(-c2cccc(Cl)c2Cl)n1. The van der Waals surface area contributed by atoms with E-state index in [2.05, 4.69) is 4.98 Å². The molecule has 4 atom stereocenters. The van der Waals surface area contributed by atoms with E-state index >= 15 is 0 Å². The molecule has 3 saturated carbocycles. The molecule has 0 saturated heterocycles. The van der Waals surface area contributed by atoms with Gasteiger partial charge in [0.2, 0.25) is 0 Å². The van der Waals surface area contributed by atoms with Gasteiger partial charge in [-0.1, -0.05) is 35.3 Å². The summed E-state index contributed by atoms with van der Waals surface area (Å²) in [6.45, 7) is 0. The minimum absolute atomic E-state index is 0.232. The van der Waals surface area contributed by atoms with Crippen molar-refractivity contribution in [1.29, 1.82) is 0 Å². The van der Waals surface area contributed by atoms with Crippen LogP contribution in [0.5, 0.6) is 0 Å². The molecule has 1 amide bonds. The Labute approximate surface area is 155 Å². The summed E-state index contributed by atoms with van der Waals surface area (Å²) >= 11 is 13.2. The predicted octanol–water partition coefficient (Wildman–Crippen LogP) is 5.27. The van der Waals surface area contributed by atoms with E-state index in [1.807, 2.05) is 0 Å². The van der Waals surface area contributed by atoms with Crippen LogP contribution in [0.15, 0.2) is 23.6 Å². The lowest BCUT2D eigenvalue weighted by atomic mass is 10.0. The monoisotopic (exact) mass is 380 g/mol. The maximum atomic E-state index is 10.9. The van der Waals surface area contributed by atoms with Crippen LogP contribution in [0.25, 0.3) is 10.6 Å². The minimum Gasteiger partial charge on any atom is -0.364 e. The van der Waals surface area contributed by atoms with Gasteiger partial charge < -0.3 is 5.73 Å². The molecule has 2 unspecified atom stereocenters. The smallest absolute Gasteiger partial charge is 0.268 e. The van der Waals surface area contributed by atoms with Crippen LogP contribution >= 0.6 is 34.5 Å². The van der Waals surface area contributed by atoms with E-state index in [4.69, 9.17) is 28.9 Å². The summed E-state index contributed by atoms with van der Waals surface area (Å²) in [6, 6.07) is 5.25. The summed E-state index contributed by atoms with van der Waals surface area (Å²) in [5, 5.41) is 3.10. The molecule has 2 N–H and O–H groups in total. The third kappa shape index (κ3) is 3.19. The highest BCUT2D eigenvalue weighted by Crippen LogP contribution is 2.65. The lowest BCUT2D eigenvalue weighted by molar-refractivity contribution is 0.0996. The van der Waals surface area contributed by atoms with Gasteiger partial charge in [-0.05, 0) is 55.4 Å². The molecular formula is C18H18Cl2N2OS. The summed E-state index contributed by atoms with van der Waals surface area (Å²) in [5.41, 5.74) is 6.05. The molecule has 5 rings (SSSR count). The third-order valence-corrected chi connectivity index (χ3v) is 7.05. The zero-order valence-electron chi connectivity index (χ0n) is 13.0. The Morgan fingerprint density at radius 3 is 2.42 bits per heavy atom. The summed E-state index contributed by atoms with van der Waals surface area (Å²) in [4.78, 5) is 15.0. The second-order valence-corrected chi connectivity index (χ2v) is 8.54. The molecular weight excluding hydrogens is 363 g/mol. The number of nitrogens with two attached hydrogens (primary N) is 1. The number of amides is 1. The molecule has 0 bridgehead atoms. The average Bonchev–Trinajstić information content (AvgIpc) is 3.44. The van der Waals surface area contributed by atoms with Crippen molar-refractivity contribution in [3.05, 3.63) is 39.3 Å². The molecule has 6 heteroatoms. The van der Waals surface area contributed by atoms with Crippen LogP contribution in [0.3, 0.4) is 0 Å². The van der Waals surface area contributed by atoms with Crippen LogP contribution in [0.2, 0.25) is 10.0 Å². The average molecular weight is 381 g/mol. The van der Waals surface area contributed by atoms with E-state index in [9.17, 15) is 4.79 Å². The normalized spacial score (nSPS) is 28.9.